The standard InChI is InChI=1S/C22H36O5/c1-2-3-4-5-6-7-8-9-10-11-12-13-14-15-16-17-20(23)19(22(26)27)18-21(24)25/h9-10,18H,2-8,11-17H2,1H3,(H,24,25)(H,26,27)/b10-9+,19-18-. The molecular formula is C22H36O5. The molecule has 0 amide bonds. The van der Waals surface area contributed by atoms with Crippen LogP contribution >= 0.6 is 0 Å². The van der Waals surface area contributed by atoms with E-state index in [-0.39, 0.29) is 6.42 Å². The highest BCUT2D eigenvalue weighted by Gasteiger charge is 2.18. The number of Topliss-reactive ketones (excluding diaryl/α,β-unsaturated/α-hetero) is 1. The van der Waals surface area contributed by atoms with E-state index in [9.17, 15) is 14.4 Å². The summed E-state index contributed by atoms with van der Waals surface area (Å²) in [7, 11) is 0. The average Bonchev–Trinajstić information content (AvgIpc) is 2.62. The second-order valence-corrected chi connectivity index (χ2v) is 6.96. The molecule has 0 aliphatic rings. The van der Waals surface area contributed by atoms with Gasteiger partial charge >= 0.3 is 11.9 Å². The lowest BCUT2D eigenvalue weighted by Gasteiger charge is -2.02. The Morgan fingerprint density at radius 3 is 1.67 bits per heavy atom. The number of allylic oxidation sites excluding steroid dienone is 2. The number of carbonyl (C=O) groups excluding carboxylic acids is 1. The maximum atomic E-state index is 11.7. The summed E-state index contributed by atoms with van der Waals surface area (Å²) in [6.07, 6.45) is 20.0. The molecule has 0 aromatic rings. The number of aliphatic carboxylic acids is 2. The van der Waals surface area contributed by atoms with Crippen LogP contribution < -0.4 is 0 Å². The van der Waals surface area contributed by atoms with E-state index in [0.717, 1.165) is 32.1 Å². The Labute approximate surface area is 163 Å². The van der Waals surface area contributed by atoms with E-state index < -0.39 is 23.3 Å². The monoisotopic (exact) mass is 380 g/mol. The van der Waals surface area contributed by atoms with Gasteiger partial charge in [0.15, 0.2) is 5.78 Å². The van der Waals surface area contributed by atoms with Gasteiger partial charge in [-0.1, -0.05) is 70.4 Å². The van der Waals surface area contributed by atoms with Crippen molar-refractivity contribution < 1.29 is 24.6 Å². The Morgan fingerprint density at radius 2 is 1.19 bits per heavy atom. The molecule has 0 rings (SSSR count). The highest BCUT2D eigenvalue weighted by molar-refractivity contribution is 6.19. The Kier molecular flexibility index (Phi) is 16.3. The summed E-state index contributed by atoms with van der Waals surface area (Å²) in [5.74, 6) is -3.50. The van der Waals surface area contributed by atoms with E-state index in [2.05, 4.69) is 19.1 Å². The fourth-order valence-corrected chi connectivity index (χ4v) is 2.88. The predicted octanol–water partition coefficient (Wildman–Crippen LogP) is 5.69. The normalized spacial score (nSPS) is 11.8. The van der Waals surface area contributed by atoms with Crippen molar-refractivity contribution in [2.45, 2.75) is 96.8 Å². The molecule has 0 atom stereocenters. The number of hydrogen-bond donors (Lipinski definition) is 2. The van der Waals surface area contributed by atoms with Crippen LogP contribution in [0.2, 0.25) is 0 Å². The minimum atomic E-state index is -1.48. The first-order chi connectivity index (χ1) is 13.0. The summed E-state index contributed by atoms with van der Waals surface area (Å²) in [4.78, 5) is 33.1. The number of carboxylic acids is 2. The van der Waals surface area contributed by atoms with Gasteiger partial charge in [-0.25, -0.2) is 9.59 Å². The summed E-state index contributed by atoms with van der Waals surface area (Å²) >= 11 is 0. The lowest BCUT2D eigenvalue weighted by molar-refractivity contribution is -0.137. The zero-order valence-electron chi connectivity index (χ0n) is 16.8. The lowest BCUT2D eigenvalue weighted by Crippen LogP contribution is -2.14. The minimum absolute atomic E-state index is 0.0869. The number of carbonyl (C=O) groups is 3. The predicted molar refractivity (Wildman–Crippen MR) is 108 cm³/mol. The molecule has 154 valence electrons. The van der Waals surface area contributed by atoms with Crippen molar-refractivity contribution in [2.75, 3.05) is 0 Å². The molecule has 0 fully saturated rings. The smallest absolute Gasteiger partial charge is 0.339 e. The van der Waals surface area contributed by atoms with E-state index in [1.807, 2.05) is 0 Å². The van der Waals surface area contributed by atoms with Gasteiger partial charge in [-0.2, -0.15) is 0 Å². The third kappa shape index (κ3) is 16.0. The Morgan fingerprint density at radius 1 is 0.704 bits per heavy atom. The molecule has 27 heavy (non-hydrogen) atoms. The number of ketones is 1. The number of hydrogen-bond acceptors (Lipinski definition) is 3. The van der Waals surface area contributed by atoms with Crippen molar-refractivity contribution in [3.8, 4) is 0 Å². The van der Waals surface area contributed by atoms with Crippen molar-refractivity contribution in [2.24, 2.45) is 0 Å². The van der Waals surface area contributed by atoms with E-state index in [0.29, 0.717) is 12.5 Å². The van der Waals surface area contributed by atoms with Gasteiger partial charge in [0, 0.05) is 12.5 Å². The van der Waals surface area contributed by atoms with Crippen molar-refractivity contribution in [3.05, 3.63) is 23.8 Å². The molecular weight excluding hydrogens is 344 g/mol. The largest absolute Gasteiger partial charge is 0.478 e. The summed E-state index contributed by atoms with van der Waals surface area (Å²) < 4.78 is 0. The van der Waals surface area contributed by atoms with Crippen LogP contribution in [-0.2, 0) is 14.4 Å². The maximum Gasteiger partial charge on any atom is 0.339 e. The molecule has 0 radical (unpaired) electrons. The molecule has 0 heterocycles. The first kappa shape index (κ1) is 25.1. The first-order valence-corrected chi connectivity index (χ1v) is 10.3. The van der Waals surface area contributed by atoms with Gasteiger partial charge in [0.05, 0.1) is 0 Å². The fraction of sp³-hybridized carbons (Fsp3) is 0.682. The van der Waals surface area contributed by atoms with Gasteiger partial charge < -0.3 is 10.2 Å². The molecule has 0 aromatic carbocycles. The van der Waals surface area contributed by atoms with E-state index >= 15 is 0 Å². The SMILES string of the molecule is CCCCCCCC/C=C/CCCCCCCC(=O)/C(=C/C(=O)O)C(=O)O. The van der Waals surface area contributed by atoms with Crippen molar-refractivity contribution in [3.63, 3.8) is 0 Å². The van der Waals surface area contributed by atoms with Gasteiger partial charge in [-0.3, -0.25) is 4.79 Å². The lowest BCUT2D eigenvalue weighted by atomic mass is 10.0. The van der Waals surface area contributed by atoms with Crippen LogP contribution in [0.25, 0.3) is 0 Å². The molecule has 5 nitrogen and oxygen atoms in total. The number of carboxylic acid groups (broad SMARTS) is 2. The van der Waals surface area contributed by atoms with Crippen LogP contribution in [-0.4, -0.2) is 27.9 Å². The quantitative estimate of drug-likeness (QED) is 0.105. The third-order valence-corrected chi connectivity index (χ3v) is 4.46. The van der Waals surface area contributed by atoms with Crippen molar-refractivity contribution in [1.82, 2.24) is 0 Å². The maximum absolute atomic E-state index is 11.7. The molecule has 5 heteroatoms. The molecule has 0 bridgehead atoms. The Balaban J connectivity index is 3.59. The van der Waals surface area contributed by atoms with Crippen molar-refractivity contribution in [1.29, 1.82) is 0 Å². The first-order valence-electron chi connectivity index (χ1n) is 10.3. The van der Waals surface area contributed by atoms with Gasteiger partial charge in [0.25, 0.3) is 0 Å². The van der Waals surface area contributed by atoms with E-state index in [4.69, 9.17) is 10.2 Å². The van der Waals surface area contributed by atoms with E-state index in [1.54, 1.807) is 0 Å². The van der Waals surface area contributed by atoms with Crippen LogP contribution in [0.3, 0.4) is 0 Å². The van der Waals surface area contributed by atoms with Crippen LogP contribution in [0.15, 0.2) is 23.8 Å². The second kappa shape index (κ2) is 17.5. The minimum Gasteiger partial charge on any atom is -0.478 e. The van der Waals surface area contributed by atoms with Crippen LogP contribution in [0.1, 0.15) is 96.8 Å². The average molecular weight is 381 g/mol. The number of rotatable bonds is 18. The molecule has 0 unspecified atom stereocenters. The topological polar surface area (TPSA) is 91.7 Å². The second-order valence-electron chi connectivity index (χ2n) is 6.96. The molecule has 0 aliphatic carbocycles. The van der Waals surface area contributed by atoms with Gasteiger partial charge in [0.2, 0.25) is 0 Å². The van der Waals surface area contributed by atoms with Gasteiger partial charge in [-0.15, -0.1) is 0 Å². The Bertz CT molecular complexity index is 491. The van der Waals surface area contributed by atoms with Crippen LogP contribution in [0.4, 0.5) is 0 Å². The third-order valence-electron chi connectivity index (χ3n) is 4.46. The van der Waals surface area contributed by atoms with Crippen molar-refractivity contribution >= 4 is 17.7 Å². The summed E-state index contributed by atoms with van der Waals surface area (Å²) in [5, 5.41) is 17.4. The fourth-order valence-electron chi connectivity index (χ4n) is 2.88. The molecule has 0 saturated carbocycles. The zero-order chi connectivity index (χ0) is 20.3. The summed E-state index contributed by atoms with van der Waals surface area (Å²) in [5.41, 5.74) is -0.641. The van der Waals surface area contributed by atoms with E-state index in [1.165, 1.54) is 44.9 Å². The molecule has 2 N–H and O–H groups in total. The summed E-state index contributed by atoms with van der Waals surface area (Å²) in [6, 6.07) is 0. The Hall–Kier alpha value is -1.91. The van der Waals surface area contributed by atoms with Crippen LogP contribution in [0.5, 0.6) is 0 Å². The van der Waals surface area contributed by atoms with Gasteiger partial charge in [0.1, 0.15) is 5.57 Å². The number of unbranched alkanes of at least 4 members (excludes halogenated alkanes) is 11. The highest BCUT2D eigenvalue weighted by atomic mass is 16.4. The molecule has 0 aliphatic heterocycles. The summed E-state index contributed by atoms with van der Waals surface area (Å²) in [6.45, 7) is 2.23. The molecule has 0 spiro atoms. The van der Waals surface area contributed by atoms with Gasteiger partial charge in [-0.05, 0) is 32.1 Å². The molecule has 0 saturated heterocycles. The molecule has 0 aromatic heterocycles. The zero-order valence-corrected chi connectivity index (χ0v) is 16.8. The van der Waals surface area contributed by atoms with Crippen LogP contribution in [0, 0.1) is 0 Å². The highest BCUT2D eigenvalue weighted by Crippen LogP contribution is 2.11.